The summed E-state index contributed by atoms with van der Waals surface area (Å²) in [4.78, 5) is 12.3. The molecular formula is C18H22O5S. The minimum absolute atomic E-state index is 0.132. The minimum atomic E-state index is -4.49. The molecule has 1 N–H and O–H groups in total. The summed E-state index contributed by atoms with van der Waals surface area (Å²) >= 11 is 0. The topological polar surface area (TPSA) is 80.7 Å². The first-order valence-corrected chi connectivity index (χ1v) is 9.97. The highest BCUT2D eigenvalue weighted by Gasteiger charge is 2.54. The van der Waals surface area contributed by atoms with Crippen LogP contribution in [0.4, 0.5) is 0 Å². The van der Waals surface area contributed by atoms with Crippen LogP contribution in [0.25, 0.3) is 0 Å². The van der Waals surface area contributed by atoms with E-state index in [2.05, 4.69) is 11.1 Å². The molecule has 130 valence electrons. The highest BCUT2D eigenvalue weighted by Crippen LogP contribution is 2.59. The predicted octanol–water partition coefficient (Wildman–Crippen LogP) is 3.29. The highest BCUT2D eigenvalue weighted by molar-refractivity contribution is 7.81. The molecule has 0 bridgehead atoms. The summed E-state index contributed by atoms with van der Waals surface area (Å²) in [6.45, 7) is 2.15. The number of ketones is 1. The van der Waals surface area contributed by atoms with E-state index < -0.39 is 10.4 Å². The van der Waals surface area contributed by atoms with Crippen molar-refractivity contribution in [1.82, 2.24) is 0 Å². The van der Waals surface area contributed by atoms with E-state index >= 15 is 0 Å². The Kier molecular flexibility index (Phi) is 3.55. The van der Waals surface area contributed by atoms with Crippen LogP contribution >= 0.6 is 0 Å². The van der Waals surface area contributed by atoms with Gasteiger partial charge in [-0.05, 0) is 73.1 Å². The number of carbonyl (C=O) groups excluding carboxylic acids is 1. The van der Waals surface area contributed by atoms with Gasteiger partial charge in [0.2, 0.25) is 0 Å². The van der Waals surface area contributed by atoms with E-state index in [0.29, 0.717) is 23.5 Å². The number of hydrogen-bond acceptors (Lipinski definition) is 4. The molecule has 0 saturated heterocycles. The minimum Gasteiger partial charge on any atom is -0.362 e. The highest BCUT2D eigenvalue weighted by atomic mass is 32.3. The van der Waals surface area contributed by atoms with Crippen molar-refractivity contribution in [3.05, 3.63) is 29.3 Å². The standard InChI is InChI=1S/C18H22O5S/c1-18-9-8-14-13-5-3-12(23-24(20,21)22)10-11(13)2-4-15(14)16(18)6-7-17(18)19/h3,5,10,14-16H,2,4,6-9H2,1H3,(H,20,21,22)/t14-,15+,16+,18+/m1/s1. The molecule has 6 heteroatoms. The van der Waals surface area contributed by atoms with Gasteiger partial charge in [0.15, 0.2) is 0 Å². The lowest BCUT2D eigenvalue weighted by molar-refractivity contribution is -0.129. The Morgan fingerprint density at radius 1 is 1.21 bits per heavy atom. The fourth-order valence-corrected chi connectivity index (χ4v) is 5.85. The molecule has 2 fully saturated rings. The fourth-order valence-electron chi connectivity index (χ4n) is 5.50. The van der Waals surface area contributed by atoms with E-state index in [1.54, 1.807) is 12.1 Å². The average molecular weight is 350 g/mol. The number of carbonyl (C=O) groups is 1. The number of rotatable bonds is 2. The molecule has 24 heavy (non-hydrogen) atoms. The zero-order chi connectivity index (χ0) is 17.1. The third-order valence-corrected chi connectivity index (χ3v) is 7.01. The van der Waals surface area contributed by atoms with E-state index in [1.165, 1.54) is 5.56 Å². The van der Waals surface area contributed by atoms with Gasteiger partial charge in [-0.3, -0.25) is 9.35 Å². The zero-order valence-electron chi connectivity index (χ0n) is 13.7. The molecule has 3 aliphatic rings. The molecule has 2 saturated carbocycles. The van der Waals surface area contributed by atoms with Crippen LogP contribution in [0.2, 0.25) is 0 Å². The number of aryl methyl sites for hydroxylation is 1. The lowest BCUT2D eigenvalue weighted by atomic mass is 9.55. The van der Waals surface area contributed by atoms with E-state index in [1.807, 2.05) is 6.07 Å². The van der Waals surface area contributed by atoms with Crippen LogP contribution in [-0.4, -0.2) is 18.8 Å². The molecule has 0 radical (unpaired) electrons. The Labute approximate surface area is 142 Å². The van der Waals surface area contributed by atoms with Crippen LogP contribution in [0.1, 0.15) is 56.1 Å². The quantitative estimate of drug-likeness (QED) is 0.828. The first kappa shape index (κ1) is 16.1. The van der Waals surface area contributed by atoms with Crippen LogP contribution in [0.15, 0.2) is 18.2 Å². The molecule has 1 aromatic rings. The second-order valence-electron chi connectivity index (χ2n) is 7.71. The van der Waals surface area contributed by atoms with E-state index in [0.717, 1.165) is 44.1 Å². The molecule has 3 aliphatic carbocycles. The summed E-state index contributed by atoms with van der Waals surface area (Å²) in [6.07, 6.45) is 5.57. The van der Waals surface area contributed by atoms with Gasteiger partial charge in [-0.25, -0.2) is 0 Å². The van der Waals surface area contributed by atoms with Gasteiger partial charge in [0.1, 0.15) is 11.5 Å². The Morgan fingerprint density at radius 3 is 2.75 bits per heavy atom. The smallest absolute Gasteiger partial charge is 0.362 e. The first-order chi connectivity index (χ1) is 11.3. The van der Waals surface area contributed by atoms with Gasteiger partial charge in [-0.15, -0.1) is 0 Å². The molecule has 0 aromatic heterocycles. The maximum Gasteiger partial charge on any atom is 0.446 e. The van der Waals surface area contributed by atoms with Crippen molar-refractivity contribution in [3.63, 3.8) is 0 Å². The molecule has 4 atom stereocenters. The summed E-state index contributed by atoms with van der Waals surface area (Å²) in [6, 6.07) is 5.28. The lowest BCUT2D eigenvalue weighted by Crippen LogP contribution is -2.42. The summed E-state index contributed by atoms with van der Waals surface area (Å²) in [5.74, 6) is 2.05. The van der Waals surface area contributed by atoms with Crippen molar-refractivity contribution in [2.75, 3.05) is 0 Å². The van der Waals surface area contributed by atoms with Crippen molar-refractivity contribution >= 4 is 16.2 Å². The summed E-state index contributed by atoms with van der Waals surface area (Å²) < 4.78 is 35.2. The van der Waals surface area contributed by atoms with Crippen molar-refractivity contribution < 1.29 is 21.9 Å². The molecule has 0 spiro atoms. The molecule has 1 aromatic carbocycles. The SMILES string of the molecule is C[C@]12CC[C@@H]3c4ccc(OS(=O)(=O)O)cc4CC[C@@H]3[C@@H]1CCC2=O. The Hall–Kier alpha value is -1.40. The van der Waals surface area contributed by atoms with Crippen LogP contribution in [-0.2, 0) is 21.6 Å². The number of fused-ring (bicyclic) bond motifs is 5. The lowest BCUT2D eigenvalue weighted by Gasteiger charge is -2.48. The molecule has 0 unspecified atom stereocenters. The summed E-state index contributed by atoms with van der Waals surface area (Å²) in [5.41, 5.74) is 2.23. The van der Waals surface area contributed by atoms with Gasteiger partial charge in [0.05, 0.1) is 0 Å². The normalized spacial score (nSPS) is 35.1. The first-order valence-electron chi connectivity index (χ1n) is 8.61. The van der Waals surface area contributed by atoms with Crippen molar-refractivity contribution in [2.24, 2.45) is 17.3 Å². The van der Waals surface area contributed by atoms with Crippen LogP contribution in [0.3, 0.4) is 0 Å². The molecule has 5 nitrogen and oxygen atoms in total. The van der Waals surface area contributed by atoms with Crippen LogP contribution < -0.4 is 4.18 Å². The molecule has 0 heterocycles. The number of benzene rings is 1. The third kappa shape index (κ3) is 2.47. The Balaban J connectivity index is 1.65. The molecule has 0 aliphatic heterocycles. The second-order valence-corrected chi connectivity index (χ2v) is 8.73. The molecule has 0 amide bonds. The summed E-state index contributed by atoms with van der Waals surface area (Å²) in [5, 5.41) is 0. The predicted molar refractivity (Wildman–Crippen MR) is 88.2 cm³/mol. The van der Waals surface area contributed by atoms with Gasteiger partial charge in [-0.2, -0.15) is 8.42 Å². The van der Waals surface area contributed by atoms with Crippen molar-refractivity contribution in [2.45, 2.75) is 51.4 Å². The fraction of sp³-hybridized carbons (Fsp3) is 0.611. The third-order valence-electron chi connectivity index (χ3n) is 6.61. The van der Waals surface area contributed by atoms with Gasteiger partial charge in [-0.1, -0.05) is 13.0 Å². The maximum atomic E-state index is 12.3. The van der Waals surface area contributed by atoms with E-state index in [4.69, 9.17) is 4.55 Å². The maximum absolute atomic E-state index is 12.3. The summed E-state index contributed by atoms with van der Waals surface area (Å²) in [7, 11) is -4.49. The van der Waals surface area contributed by atoms with Crippen LogP contribution in [0, 0.1) is 17.3 Å². The largest absolute Gasteiger partial charge is 0.446 e. The average Bonchev–Trinajstić information content (AvgIpc) is 2.81. The molecular weight excluding hydrogens is 328 g/mol. The van der Waals surface area contributed by atoms with Gasteiger partial charge >= 0.3 is 10.4 Å². The van der Waals surface area contributed by atoms with Gasteiger partial charge < -0.3 is 4.18 Å². The number of hydrogen-bond donors (Lipinski definition) is 1. The number of Topliss-reactive ketones (excluding diaryl/α,β-unsaturated/α-hetero) is 1. The van der Waals surface area contributed by atoms with Gasteiger partial charge in [0, 0.05) is 11.8 Å². The van der Waals surface area contributed by atoms with Crippen LogP contribution in [0.5, 0.6) is 5.75 Å². The Morgan fingerprint density at radius 2 is 2.00 bits per heavy atom. The Bertz CT molecular complexity index is 800. The second kappa shape index (κ2) is 5.30. The van der Waals surface area contributed by atoms with Crippen molar-refractivity contribution in [3.8, 4) is 5.75 Å². The van der Waals surface area contributed by atoms with E-state index in [9.17, 15) is 13.2 Å². The zero-order valence-corrected chi connectivity index (χ0v) is 14.5. The van der Waals surface area contributed by atoms with Crippen molar-refractivity contribution in [1.29, 1.82) is 0 Å². The molecule has 4 rings (SSSR count). The monoisotopic (exact) mass is 350 g/mol. The van der Waals surface area contributed by atoms with E-state index in [-0.39, 0.29) is 11.2 Å². The van der Waals surface area contributed by atoms with Gasteiger partial charge in [0.25, 0.3) is 0 Å².